The summed E-state index contributed by atoms with van der Waals surface area (Å²) >= 11 is 0. The van der Waals surface area contributed by atoms with Crippen molar-refractivity contribution in [1.82, 2.24) is 0 Å². The van der Waals surface area contributed by atoms with Gasteiger partial charge in [0.1, 0.15) is 13.2 Å². The molecule has 6 nitrogen and oxygen atoms in total. The number of ether oxygens (including phenoxy) is 3. The third-order valence-corrected chi connectivity index (χ3v) is 10.1. The summed E-state index contributed by atoms with van der Waals surface area (Å²) in [5, 5.41) is 0. The molecule has 0 aliphatic rings. The Morgan fingerprint density at radius 2 is 0.696 bits per heavy atom. The monoisotopic (exact) mass is 785 g/mol. The topological polar surface area (TPSA) is 78.9 Å². The molecule has 0 spiro atoms. The number of allylic oxidation sites excluding steroid dienone is 8. The number of carbonyl (C=O) groups is 3. The van der Waals surface area contributed by atoms with Crippen molar-refractivity contribution < 1.29 is 28.6 Å². The predicted molar refractivity (Wildman–Crippen MR) is 238 cm³/mol. The summed E-state index contributed by atoms with van der Waals surface area (Å²) in [6, 6.07) is 0. The summed E-state index contributed by atoms with van der Waals surface area (Å²) in [5.41, 5.74) is 0. The van der Waals surface area contributed by atoms with E-state index in [9.17, 15) is 14.4 Å². The molecule has 0 radical (unpaired) electrons. The van der Waals surface area contributed by atoms with E-state index >= 15 is 0 Å². The second-order valence-electron chi connectivity index (χ2n) is 15.6. The number of esters is 3. The Morgan fingerprint density at radius 1 is 0.375 bits per heavy atom. The number of unbranched alkanes of at least 4 members (excludes halogenated alkanes) is 23. The van der Waals surface area contributed by atoms with Crippen LogP contribution < -0.4 is 0 Å². The van der Waals surface area contributed by atoms with Crippen LogP contribution in [0.1, 0.15) is 233 Å². The molecule has 324 valence electrons. The van der Waals surface area contributed by atoms with Gasteiger partial charge in [-0.15, -0.1) is 0 Å². The van der Waals surface area contributed by atoms with Gasteiger partial charge in [0.25, 0.3) is 0 Å². The molecule has 1 unspecified atom stereocenters. The standard InChI is InChI=1S/C50H88O6/c1-4-7-10-13-16-19-21-23-24-25-26-27-29-31-34-37-40-43-49(52)55-46-47(45-54-48(51)42-39-36-33-30-18-15-12-9-6-3)56-50(53)44-41-38-35-32-28-22-20-17-14-11-8-5-2/h7,10,16-17,19-20,23-24,47H,4-6,8-9,11-15,18,21-22,25-46H2,1-3H3/b10-7-,19-16-,20-17-,24-23-. The molecule has 0 saturated carbocycles. The Bertz CT molecular complexity index is 996. The summed E-state index contributed by atoms with van der Waals surface area (Å²) < 4.78 is 16.7. The predicted octanol–water partition coefficient (Wildman–Crippen LogP) is 15.1. The minimum absolute atomic E-state index is 0.0783. The maximum absolute atomic E-state index is 12.7. The van der Waals surface area contributed by atoms with Crippen LogP contribution in [0.15, 0.2) is 48.6 Å². The van der Waals surface area contributed by atoms with Gasteiger partial charge in [0.15, 0.2) is 6.10 Å². The van der Waals surface area contributed by atoms with Gasteiger partial charge < -0.3 is 14.2 Å². The summed E-state index contributed by atoms with van der Waals surface area (Å²) in [7, 11) is 0. The van der Waals surface area contributed by atoms with Crippen molar-refractivity contribution in [3.05, 3.63) is 48.6 Å². The SMILES string of the molecule is CC/C=C\C/C=C\C/C=C\CCCCCCCCCC(=O)OCC(COC(=O)CCCCCCCCCCC)OC(=O)CCCCCCC/C=C\CCCCC. The summed E-state index contributed by atoms with van der Waals surface area (Å²) in [4.78, 5) is 37.7. The lowest BCUT2D eigenvalue weighted by atomic mass is 10.1. The zero-order chi connectivity index (χ0) is 40.8. The highest BCUT2D eigenvalue weighted by atomic mass is 16.6. The van der Waals surface area contributed by atoms with Gasteiger partial charge in [-0.05, 0) is 77.0 Å². The molecule has 0 saturated heterocycles. The minimum Gasteiger partial charge on any atom is -0.462 e. The second-order valence-corrected chi connectivity index (χ2v) is 15.6. The quantitative estimate of drug-likeness (QED) is 0.0265. The maximum atomic E-state index is 12.7. The molecule has 0 aromatic heterocycles. The van der Waals surface area contributed by atoms with Gasteiger partial charge in [-0.25, -0.2) is 0 Å². The third-order valence-electron chi connectivity index (χ3n) is 10.1. The Morgan fingerprint density at radius 3 is 1.14 bits per heavy atom. The molecule has 6 heteroatoms. The molecule has 56 heavy (non-hydrogen) atoms. The molecule has 0 aliphatic carbocycles. The van der Waals surface area contributed by atoms with E-state index in [0.717, 1.165) is 96.3 Å². The van der Waals surface area contributed by atoms with Gasteiger partial charge >= 0.3 is 17.9 Å². The van der Waals surface area contributed by atoms with Crippen molar-refractivity contribution in [3.8, 4) is 0 Å². The smallest absolute Gasteiger partial charge is 0.306 e. The molecule has 0 aliphatic heterocycles. The first-order chi connectivity index (χ1) is 27.5. The van der Waals surface area contributed by atoms with Crippen LogP contribution in [0.4, 0.5) is 0 Å². The van der Waals surface area contributed by atoms with Crippen molar-refractivity contribution in [2.45, 2.75) is 239 Å². The Labute approximate surface area is 346 Å². The molecule has 0 aromatic rings. The zero-order valence-electron chi connectivity index (χ0n) is 36.9. The average molecular weight is 785 g/mol. The fourth-order valence-corrected chi connectivity index (χ4v) is 6.51. The Hall–Kier alpha value is -2.63. The first kappa shape index (κ1) is 53.4. The van der Waals surface area contributed by atoms with E-state index in [-0.39, 0.29) is 31.1 Å². The van der Waals surface area contributed by atoms with E-state index in [1.165, 1.54) is 96.3 Å². The normalized spacial score (nSPS) is 12.4. The van der Waals surface area contributed by atoms with Gasteiger partial charge in [-0.2, -0.15) is 0 Å². The van der Waals surface area contributed by atoms with Gasteiger partial charge in [-0.3, -0.25) is 14.4 Å². The zero-order valence-corrected chi connectivity index (χ0v) is 36.9. The number of rotatable bonds is 42. The van der Waals surface area contributed by atoms with Crippen molar-refractivity contribution >= 4 is 17.9 Å². The van der Waals surface area contributed by atoms with Crippen LogP contribution in [0, 0.1) is 0 Å². The van der Waals surface area contributed by atoms with E-state index in [0.29, 0.717) is 19.3 Å². The van der Waals surface area contributed by atoms with Crippen LogP contribution >= 0.6 is 0 Å². The van der Waals surface area contributed by atoms with E-state index in [1.807, 2.05) is 0 Å². The summed E-state index contributed by atoms with van der Waals surface area (Å²) in [6.45, 7) is 6.46. The third kappa shape index (κ3) is 42.5. The van der Waals surface area contributed by atoms with Crippen LogP contribution in [0.3, 0.4) is 0 Å². The van der Waals surface area contributed by atoms with Gasteiger partial charge in [0, 0.05) is 19.3 Å². The largest absolute Gasteiger partial charge is 0.462 e. The number of carbonyl (C=O) groups excluding carboxylic acids is 3. The Kier molecular flexibility index (Phi) is 43.0. The van der Waals surface area contributed by atoms with Gasteiger partial charge in [0.05, 0.1) is 0 Å². The fourth-order valence-electron chi connectivity index (χ4n) is 6.51. The highest BCUT2D eigenvalue weighted by molar-refractivity contribution is 5.71. The highest BCUT2D eigenvalue weighted by Gasteiger charge is 2.19. The van der Waals surface area contributed by atoms with E-state index in [2.05, 4.69) is 69.4 Å². The van der Waals surface area contributed by atoms with Crippen molar-refractivity contribution in [1.29, 1.82) is 0 Å². The summed E-state index contributed by atoms with van der Waals surface area (Å²) in [5.74, 6) is -0.899. The first-order valence-corrected chi connectivity index (χ1v) is 23.6. The molecular weight excluding hydrogens is 697 g/mol. The molecule has 0 amide bonds. The van der Waals surface area contributed by atoms with Crippen LogP contribution in [-0.4, -0.2) is 37.2 Å². The van der Waals surface area contributed by atoms with E-state index < -0.39 is 6.10 Å². The molecular formula is C50H88O6. The molecule has 0 N–H and O–H groups in total. The lowest BCUT2D eigenvalue weighted by Crippen LogP contribution is -2.30. The first-order valence-electron chi connectivity index (χ1n) is 23.6. The Balaban J connectivity index is 4.34. The van der Waals surface area contributed by atoms with Crippen LogP contribution in [0.5, 0.6) is 0 Å². The maximum Gasteiger partial charge on any atom is 0.306 e. The van der Waals surface area contributed by atoms with Crippen LogP contribution in [-0.2, 0) is 28.6 Å². The fraction of sp³-hybridized carbons (Fsp3) is 0.780. The lowest BCUT2D eigenvalue weighted by molar-refractivity contribution is -0.167. The second kappa shape index (κ2) is 45.1. The van der Waals surface area contributed by atoms with Gasteiger partial charge in [0.2, 0.25) is 0 Å². The van der Waals surface area contributed by atoms with E-state index in [4.69, 9.17) is 14.2 Å². The number of hydrogen-bond acceptors (Lipinski definition) is 6. The average Bonchev–Trinajstić information content (AvgIpc) is 3.19. The molecule has 0 bridgehead atoms. The number of hydrogen-bond donors (Lipinski definition) is 0. The van der Waals surface area contributed by atoms with Crippen LogP contribution in [0.25, 0.3) is 0 Å². The van der Waals surface area contributed by atoms with Crippen molar-refractivity contribution in [3.63, 3.8) is 0 Å². The van der Waals surface area contributed by atoms with Gasteiger partial charge in [-0.1, -0.05) is 185 Å². The molecule has 0 fully saturated rings. The lowest BCUT2D eigenvalue weighted by Gasteiger charge is -2.18. The van der Waals surface area contributed by atoms with Crippen molar-refractivity contribution in [2.24, 2.45) is 0 Å². The minimum atomic E-state index is -0.776. The van der Waals surface area contributed by atoms with Crippen LogP contribution in [0.2, 0.25) is 0 Å². The molecule has 0 heterocycles. The van der Waals surface area contributed by atoms with Crippen molar-refractivity contribution in [2.75, 3.05) is 13.2 Å². The summed E-state index contributed by atoms with van der Waals surface area (Å²) in [6.07, 6.45) is 52.3. The van der Waals surface area contributed by atoms with E-state index in [1.54, 1.807) is 0 Å². The molecule has 0 rings (SSSR count). The molecule has 1 atom stereocenters. The molecule has 0 aromatic carbocycles. The highest BCUT2D eigenvalue weighted by Crippen LogP contribution is 2.14.